The molecule has 0 unspecified atom stereocenters. The number of carboxylic acid groups (broad SMARTS) is 1. The van der Waals surface area contributed by atoms with Crippen LogP contribution in [0.25, 0.3) is 0 Å². The highest BCUT2D eigenvalue weighted by molar-refractivity contribution is 6.42. The first-order valence-corrected chi connectivity index (χ1v) is 5.63. The third kappa shape index (κ3) is 2.80. The topological polar surface area (TPSA) is 40.5 Å². The molecule has 0 heterocycles. The Kier molecular flexibility index (Phi) is 4.44. The lowest BCUT2D eigenvalue weighted by Crippen LogP contribution is -2.37. The van der Waals surface area contributed by atoms with Gasteiger partial charge < -0.3 is 10.0 Å². The van der Waals surface area contributed by atoms with Gasteiger partial charge in [0.2, 0.25) is 0 Å². The van der Waals surface area contributed by atoms with E-state index in [4.69, 9.17) is 28.3 Å². The standard InChI is InChI=1S/C11H13Cl2NO2/c1-3-10(11(15)16)14(2)7-4-5-8(12)9(13)6-7/h4-6,10H,3H2,1-2H3,(H,15,16)/t10-/m0/s1. The van der Waals surface area contributed by atoms with Crippen molar-refractivity contribution in [1.82, 2.24) is 0 Å². The van der Waals surface area contributed by atoms with Crippen LogP contribution in [0.5, 0.6) is 0 Å². The normalized spacial score (nSPS) is 12.2. The molecule has 0 aliphatic carbocycles. The number of hydrogen-bond donors (Lipinski definition) is 1. The maximum absolute atomic E-state index is 11.0. The summed E-state index contributed by atoms with van der Waals surface area (Å²) in [5.74, 6) is -0.851. The Morgan fingerprint density at radius 3 is 2.50 bits per heavy atom. The quantitative estimate of drug-likeness (QED) is 0.905. The number of nitrogens with zero attached hydrogens (tertiary/aromatic N) is 1. The van der Waals surface area contributed by atoms with Crippen LogP contribution < -0.4 is 4.90 Å². The van der Waals surface area contributed by atoms with Crippen LogP contribution in [0.2, 0.25) is 10.0 Å². The molecule has 0 aromatic heterocycles. The molecule has 1 N–H and O–H groups in total. The monoisotopic (exact) mass is 261 g/mol. The molecule has 1 atom stereocenters. The molecule has 0 aliphatic rings. The van der Waals surface area contributed by atoms with Gasteiger partial charge in [-0.2, -0.15) is 0 Å². The van der Waals surface area contributed by atoms with E-state index in [1.165, 1.54) is 0 Å². The van der Waals surface area contributed by atoms with Crippen molar-refractivity contribution in [2.45, 2.75) is 19.4 Å². The Balaban J connectivity index is 2.99. The summed E-state index contributed by atoms with van der Waals surface area (Å²) < 4.78 is 0. The van der Waals surface area contributed by atoms with Crippen molar-refractivity contribution in [2.24, 2.45) is 0 Å². The van der Waals surface area contributed by atoms with Gasteiger partial charge in [-0.05, 0) is 24.6 Å². The molecule has 88 valence electrons. The summed E-state index contributed by atoms with van der Waals surface area (Å²) in [6.45, 7) is 1.83. The molecule has 3 nitrogen and oxygen atoms in total. The summed E-state index contributed by atoms with van der Waals surface area (Å²) in [7, 11) is 1.72. The smallest absolute Gasteiger partial charge is 0.326 e. The van der Waals surface area contributed by atoms with Crippen LogP contribution in [0.3, 0.4) is 0 Å². The fraction of sp³-hybridized carbons (Fsp3) is 0.364. The summed E-state index contributed by atoms with van der Waals surface area (Å²) in [6, 6.07) is 4.51. The second-order valence-electron chi connectivity index (χ2n) is 3.47. The molecule has 5 heteroatoms. The minimum absolute atomic E-state index is 0.422. The Morgan fingerprint density at radius 1 is 1.44 bits per heavy atom. The first-order chi connectivity index (χ1) is 7.47. The van der Waals surface area contributed by atoms with Gasteiger partial charge in [0.05, 0.1) is 10.0 Å². The molecule has 1 aromatic rings. The van der Waals surface area contributed by atoms with Gasteiger partial charge in [0, 0.05) is 12.7 Å². The van der Waals surface area contributed by atoms with Crippen molar-refractivity contribution in [3.63, 3.8) is 0 Å². The number of halogens is 2. The molecule has 0 radical (unpaired) electrons. The zero-order chi connectivity index (χ0) is 12.3. The number of carbonyl (C=O) groups is 1. The SMILES string of the molecule is CC[C@@H](C(=O)O)N(C)c1ccc(Cl)c(Cl)c1. The Labute approximate surface area is 105 Å². The van der Waals surface area contributed by atoms with Gasteiger partial charge in [-0.3, -0.25) is 0 Å². The number of benzene rings is 1. The second kappa shape index (κ2) is 5.41. The van der Waals surface area contributed by atoms with E-state index in [9.17, 15) is 4.79 Å². The average molecular weight is 262 g/mol. The van der Waals surface area contributed by atoms with Crippen molar-refractivity contribution < 1.29 is 9.90 Å². The molecular formula is C11H13Cl2NO2. The van der Waals surface area contributed by atoms with E-state index in [0.29, 0.717) is 16.5 Å². The molecule has 16 heavy (non-hydrogen) atoms. The van der Waals surface area contributed by atoms with Crippen molar-refractivity contribution in [1.29, 1.82) is 0 Å². The molecule has 1 rings (SSSR count). The minimum Gasteiger partial charge on any atom is -0.480 e. The number of hydrogen-bond acceptors (Lipinski definition) is 2. The molecular weight excluding hydrogens is 249 g/mol. The van der Waals surface area contributed by atoms with E-state index in [1.54, 1.807) is 30.1 Å². The van der Waals surface area contributed by atoms with Crippen LogP contribution in [0.15, 0.2) is 18.2 Å². The summed E-state index contributed by atoms with van der Waals surface area (Å²) in [5.41, 5.74) is 0.739. The third-order valence-corrected chi connectivity index (χ3v) is 3.19. The van der Waals surface area contributed by atoms with Crippen molar-refractivity contribution >= 4 is 34.9 Å². The molecule has 0 aliphatic heterocycles. The van der Waals surface area contributed by atoms with Gasteiger partial charge in [0.1, 0.15) is 6.04 Å². The van der Waals surface area contributed by atoms with Crippen LogP contribution in [-0.4, -0.2) is 24.2 Å². The summed E-state index contributed by atoms with van der Waals surface area (Å²) in [4.78, 5) is 12.7. The number of rotatable bonds is 4. The lowest BCUT2D eigenvalue weighted by molar-refractivity contribution is -0.138. The molecule has 0 saturated heterocycles. The highest BCUT2D eigenvalue weighted by atomic mass is 35.5. The maximum Gasteiger partial charge on any atom is 0.326 e. The first-order valence-electron chi connectivity index (χ1n) is 4.88. The van der Waals surface area contributed by atoms with E-state index >= 15 is 0 Å². The Bertz CT molecular complexity index is 396. The average Bonchev–Trinajstić information content (AvgIpc) is 2.22. The molecule has 0 bridgehead atoms. The van der Waals surface area contributed by atoms with Crippen LogP contribution in [0, 0.1) is 0 Å². The second-order valence-corrected chi connectivity index (χ2v) is 4.29. The predicted octanol–water partition coefficient (Wildman–Crippen LogP) is 3.29. The predicted molar refractivity (Wildman–Crippen MR) is 66.6 cm³/mol. The van der Waals surface area contributed by atoms with Crippen molar-refractivity contribution in [3.05, 3.63) is 28.2 Å². The van der Waals surface area contributed by atoms with Crippen LogP contribution in [-0.2, 0) is 4.79 Å². The first kappa shape index (κ1) is 13.1. The molecule has 1 aromatic carbocycles. The van der Waals surface area contributed by atoms with Crippen LogP contribution >= 0.6 is 23.2 Å². The highest BCUT2D eigenvalue weighted by Crippen LogP contribution is 2.27. The summed E-state index contributed by atoms with van der Waals surface area (Å²) in [5, 5.41) is 9.91. The van der Waals surface area contributed by atoms with Gasteiger partial charge in [0.25, 0.3) is 0 Å². The number of likely N-dealkylation sites (N-methyl/N-ethyl adjacent to an activating group) is 1. The zero-order valence-electron chi connectivity index (χ0n) is 9.08. The Morgan fingerprint density at radius 2 is 2.06 bits per heavy atom. The van der Waals surface area contributed by atoms with Gasteiger partial charge in [-0.25, -0.2) is 4.79 Å². The van der Waals surface area contributed by atoms with Gasteiger partial charge >= 0.3 is 5.97 Å². The van der Waals surface area contributed by atoms with Gasteiger partial charge in [0.15, 0.2) is 0 Å². The van der Waals surface area contributed by atoms with E-state index in [0.717, 1.165) is 5.69 Å². The van der Waals surface area contributed by atoms with Crippen LogP contribution in [0.1, 0.15) is 13.3 Å². The molecule has 0 saturated carbocycles. The fourth-order valence-electron chi connectivity index (χ4n) is 1.50. The van der Waals surface area contributed by atoms with Crippen molar-refractivity contribution in [3.8, 4) is 0 Å². The summed E-state index contributed by atoms with van der Waals surface area (Å²) >= 11 is 11.7. The third-order valence-electron chi connectivity index (χ3n) is 2.45. The fourth-order valence-corrected chi connectivity index (χ4v) is 1.79. The highest BCUT2D eigenvalue weighted by Gasteiger charge is 2.21. The lowest BCUT2D eigenvalue weighted by Gasteiger charge is -2.26. The van der Waals surface area contributed by atoms with E-state index in [2.05, 4.69) is 0 Å². The van der Waals surface area contributed by atoms with Gasteiger partial charge in [-0.1, -0.05) is 30.1 Å². The van der Waals surface area contributed by atoms with E-state index < -0.39 is 12.0 Å². The molecule has 0 spiro atoms. The molecule has 0 fully saturated rings. The van der Waals surface area contributed by atoms with Crippen LogP contribution in [0.4, 0.5) is 5.69 Å². The largest absolute Gasteiger partial charge is 0.480 e. The maximum atomic E-state index is 11.0. The minimum atomic E-state index is -0.851. The van der Waals surface area contributed by atoms with Crippen molar-refractivity contribution in [2.75, 3.05) is 11.9 Å². The van der Waals surface area contributed by atoms with E-state index in [1.807, 2.05) is 6.92 Å². The number of aliphatic carboxylic acids is 1. The zero-order valence-corrected chi connectivity index (χ0v) is 10.6. The Hall–Kier alpha value is -0.930. The number of anilines is 1. The number of carboxylic acids is 1. The molecule has 0 amide bonds. The summed E-state index contributed by atoms with van der Waals surface area (Å²) in [6.07, 6.45) is 0.520. The lowest BCUT2D eigenvalue weighted by atomic mass is 10.2. The van der Waals surface area contributed by atoms with Gasteiger partial charge in [-0.15, -0.1) is 0 Å². The van der Waals surface area contributed by atoms with E-state index in [-0.39, 0.29) is 0 Å².